The molecule has 1 rings (SSSR count). The zero-order chi connectivity index (χ0) is 16.4. The Morgan fingerprint density at radius 3 is 2.45 bits per heavy atom. The quantitative estimate of drug-likeness (QED) is 0.677. The number of amides is 2. The van der Waals surface area contributed by atoms with Crippen molar-refractivity contribution in [3.8, 4) is 0 Å². The summed E-state index contributed by atoms with van der Waals surface area (Å²) in [5, 5.41) is 11.5. The number of rotatable bonds is 9. The van der Waals surface area contributed by atoms with E-state index in [2.05, 4.69) is 5.32 Å². The van der Waals surface area contributed by atoms with Crippen molar-refractivity contribution in [3.63, 3.8) is 0 Å². The maximum Gasteiger partial charge on any atom is 0.323 e. The fraction of sp³-hybridized carbons (Fsp3) is 0.438. The molecular formula is C16H22N2O4. The molecule has 0 unspecified atom stereocenters. The van der Waals surface area contributed by atoms with Crippen molar-refractivity contribution in [2.24, 2.45) is 0 Å². The van der Waals surface area contributed by atoms with Crippen LogP contribution in [0.1, 0.15) is 36.5 Å². The van der Waals surface area contributed by atoms with Crippen LogP contribution in [0.5, 0.6) is 0 Å². The summed E-state index contributed by atoms with van der Waals surface area (Å²) in [5.74, 6) is -1.39. The molecule has 1 aromatic rings. The monoisotopic (exact) mass is 306 g/mol. The van der Waals surface area contributed by atoms with Crippen LogP contribution in [-0.2, 0) is 9.59 Å². The van der Waals surface area contributed by atoms with Gasteiger partial charge in [-0.25, -0.2) is 0 Å². The first-order valence-corrected chi connectivity index (χ1v) is 7.37. The Kier molecular flexibility index (Phi) is 7.67. The molecule has 0 heterocycles. The molecule has 1 aromatic carbocycles. The number of carboxylic acid groups (broad SMARTS) is 1. The van der Waals surface area contributed by atoms with Crippen LogP contribution in [0.25, 0.3) is 0 Å². The van der Waals surface area contributed by atoms with Gasteiger partial charge in [-0.1, -0.05) is 25.1 Å². The SMILES string of the molecule is CCCN(CC(=O)O)C(=O)CCCNC(=O)c1ccccc1. The molecule has 0 bridgehead atoms. The summed E-state index contributed by atoms with van der Waals surface area (Å²) in [7, 11) is 0. The molecule has 0 spiro atoms. The Balaban J connectivity index is 2.32. The van der Waals surface area contributed by atoms with E-state index >= 15 is 0 Å². The third-order valence-corrected chi connectivity index (χ3v) is 3.06. The van der Waals surface area contributed by atoms with Crippen LogP contribution >= 0.6 is 0 Å². The van der Waals surface area contributed by atoms with Gasteiger partial charge in [0, 0.05) is 25.1 Å². The highest BCUT2D eigenvalue weighted by molar-refractivity contribution is 5.94. The number of carbonyl (C=O) groups excluding carboxylic acids is 2. The summed E-state index contributed by atoms with van der Waals surface area (Å²) in [6.07, 6.45) is 1.42. The Labute approximate surface area is 130 Å². The van der Waals surface area contributed by atoms with Crippen LogP contribution in [-0.4, -0.2) is 47.4 Å². The van der Waals surface area contributed by atoms with Gasteiger partial charge in [0.1, 0.15) is 6.54 Å². The first-order valence-electron chi connectivity index (χ1n) is 7.37. The number of hydrogen-bond donors (Lipinski definition) is 2. The van der Waals surface area contributed by atoms with Crippen LogP contribution in [0, 0.1) is 0 Å². The van der Waals surface area contributed by atoms with Gasteiger partial charge in [0.15, 0.2) is 0 Å². The minimum atomic E-state index is -1.01. The summed E-state index contributed by atoms with van der Waals surface area (Å²) in [4.78, 5) is 35.8. The van der Waals surface area contributed by atoms with Crippen molar-refractivity contribution in [1.29, 1.82) is 0 Å². The van der Waals surface area contributed by atoms with Gasteiger partial charge in [0.2, 0.25) is 5.91 Å². The zero-order valence-electron chi connectivity index (χ0n) is 12.7. The minimum Gasteiger partial charge on any atom is -0.480 e. The summed E-state index contributed by atoms with van der Waals surface area (Å²) >= 11 is 0. The average Bonchev–Trinajstić information content (AvgIpc) is 2.51. The number of hydrogen-bond acceptors (Lipinski definition) is 3. The maximum absolute atomic E-state index is 11.9. The van der Waals surface area contributed by atoms with E-state index in [0.717, 1.165) is 0 Å². The molecule has 120 valence electrons. The van der Waals surface area contributed by atoms with Gasteiger partial charge in [-0.15, -0.1) is 0 Å². The predicted molar refractivity (Wildman–Crippen MR) is 82.5 cm³/mol. The van der Waals surface area contributed by atoms with E-state index in [9.17, 15) is 14.4 Å². The second-order valence-electron chi connectivity index (χ2n) is 4.93. The molecule has 2 N–H and O–H groups in total. The van der Waals surface area contributed by atoms with Gasteiger partial charge >= 0.3 is 5.97 Å². The molecular weight excluding hydrogens is 284 g/mol. The highest BCUT2D eigenvalue weighted by atomic mass is 16.4. The average molecular weight is 306 g/mol. The third-order valence-electron chi connectivity index (χ3n) is 3.06. The molecule has 0 radical (unpaired) electrons. The molecule has 0 saturated carbocycles. The molecule has 0 aliphatic heterocycles. The van der Waals surface area contributed by atoms with Gasteiger partial charge in [-0.05, 0) is 25.0 Å². The molecule has 6 nitrogen and oxygen atoms in total. The number of nitrogens with one attached hydrogen (secondary N) is 1. The number of carbonyl (C=O) groups is 3. The van der Waals surface area contributed by atoms with E-state index in [1.807, 2.05) is 13.0 Å². The van der Waals surface area contributed by atoms with Crippen molar-refractivity contribution in [2.45, 2.75) is 26.2 Å². The molecule has 2 amide bonds. The van der Waals surface area contributed by atoms with Crippen molar-refractivity contribution in [2.75, 3.05) is 19.6 Å². The smallest absolute Gasteiger partial charge is 0.323 e. The summed E-state index contributed by atoms with van der Waals surface area (Å²) in [6.45, 7) is 2.43. The lowest BCUT2D eigenvalue weighted by molar-refractivity contribution is -0.144. The fourth-order valence-electron chi connectivity index (χ4n) is 2.02. The lowest BCUT2D eigenvalue weighted by Gasteiger charge is -2.19. The minimum absolute atomic E-state index is 0.177. The van der Waals surface area contributed by atoms with Crippen molar-refractivity contribution < 1.29 is 19.5 Å². The maximum atomic E-state index is 11.9. The van der Waals surface area contributed by atoms with Gasteiger partial charge in [-0.2, -0.15) is 0 Å². The van der Waals surface area contributed by atoms with Crippen molar-refractivity contribution in [1.82, 2.24) is 10.2 Å². The van der Waals surface area contributed by atoms with E-state index in [4.69, 9.17) is 5.11 Å². The molecule has 0 aromatic heterocycles. The molecule has 0 aliphatic rings. The van der Waals surface area contributed by atoms with E-state index in [-0.39, 0.29) is 24.8 Å². The predicted octanol–water partition coefficient (Wildman–Crippen LogP) is 1.52. The lowest BCUT2D eigenvalue weighted by Crippen LogP contribution is -2.36. The third kappa shape index (κ3) is 6.39. The Morgan fingerprint density at radius 2 is 1.86 bits per heavy atom. The fourth-order valence-corrected chi connectivity index (χ4v) is 2.02. The molecule has 0 saturated heterocycles. The molecule has 22 heavy (non-hydrogen) atoms. The Morgan fingerprint density at radius 1 is 1.18 bits per heavy atom. The number of carboxylic acids is 1. The molecule has 0 aliphatic carbocycles. The summed E-state index contributed by atoms with van der Waals surface area (Å²) in [5.41, 5.74) is 0.576. The number of aliphatic carboxylic acids is 1. The zero-order valence-corrected chi connectivity index (χ0v) is 12.7. The lowest BCUT2D eigenvalue weighted by atomic mass is 10.2. The van der Waals surface area contributed by atoms with Gasteiger partial charge in [0.05, 0.1) is 0 Å². The Bertz CT molecular complexity index is 502. The van der Waals surface area contributed by atoms with Crippen LogP contribution in [0.2, 0.25) is 0 Å². The van der Waals surface area contributed by atoms with E-state index in [1.165, 1.54) is 4.90 Å². The van der Waals surface area contributed by atoms with Gasteiger partial charge < -0.3 is 15.3 Å². The first kappa shape index (κ1) is 17.7. The molecule has 0 fully saturated rings. The highest BCUT2D eigenvalue weighted by Gasteiger charge is 2.15. The van der Waals surface area contributed by atoms with Crippen LogP contribution < -0.4 is 5.32 Å². The van der Waals surface area contributed by atoms with Crippen LogP contribution in [0.15, 0.2) is 30.3 Å². The number of benzene rings is 1. The topological polar surface area (TPSA) is 86.7 Å². The van der Waals surface area contributed by atoms with Gasteiger partial charge in [-0.3, -0.25) is 14.4 Å². The normalized spacial score (nSPS) is 10.0. The van der Waals surface area contributed by atoms with Gasteiger partial charge in [0.25, 0.3) is 5.91 Å². The summed E-state index contributed by atoms with van der Waals surface area (Å²) < 4.78 is 0. The van der Waals surface area contributed by atoms with E-state index in [0.29, 0.717) is 31.5 Å². The largest absolute Gasteiger partial charge is 0.480 e. The summed E-state index contributed by atoms with van der Waals surface area (Å²) in [6, 6.07) is 8.84. The van der Waals surface area contributed by atoms with Crippen molar-refractivity contribution in [3.05, 3.63) is 35.9 Å². The molecule has 0 atom stereocenters. The van der Waals surface area contributed by atoms with Crippen LogP contribution in [0.3, 0.4) is 0 Å². The van der Waals surface area contributed by atoms with E-state index in [1.54, 1.807) is 24.3 Å². The van der Waals surface area contributed by atoms with E-state index < -0.39 is 5.97 Å². The number of nitrogens with zero attached hydrogens (tertiary/aromatic N) is 1. The second kappa shape index (κ2) is 9.55. The standard InChI is InChI=1S/C16H22N2O4/c1-2-11-18(12-15(20)21)14(19)9-6-10-17-16(22)13-7-4-3-5-8-13/h3-5,7-8H,2,6,9-12H2,1H3,(H,17,22)(H,20,21). The van der Waals surface area contributed by atoms with Crippen LogP contribution in [0.4, 0.5) is 0 Å². The van der Waals surface area contributed by atoms with Crippen molar-refractivity contribution >= 4 is 17.8 Å². The first-order chi connectivity index (χ1) is 10.5. The molecule has 6 heteroatoms. The second-order valence-corrected chi connectivity index (χ2v) is 4.93. The Hall–Kier alpha value is -2.37. The highest BCUT2D eigenvalue weighted by Crippen LogP contribution is 2.01.